The van der Waals surface area contributed by atoms with Crippen LogP contribution in [-0.4, -0.2) is 6.54 Å². The summed E-state index contributed by atoms with van der Waals surface area (Å²) in [6, 6.07) is 9.37. The Morgan fingerprint density at radius 2 is 1.76 bits per heavy atom. The van der Waals surface area contributed by atoms with E-state index in [1.165, 1.54) is 38.5 Å². The number of nitrogens with two attached hydrogens (primary N) is 1. The van der Waals surface area contributed by atoms with E-state index in [0.717, 1.165) is 24.3 Å². The Morgan fingerprint density at radius 3 is 2.47 bits per heavy atom. The molecule has 0 aliphatic heterocycles. The average Bonchev–Trinajstić information content (AvgIpc) is 2.75. The van der Waals surface area contributed by atoms with E-state index in [1.54, 1.807) is 11.1 Å². The SMILES string of the molecule is NCC1CCCC1c1cccc(C2CCC2)c1. The summed E-state index contributed by atoms with van der Waals surface area (Å²) in [7, 11) is 0. The van der Waals surface area contributed by atoms with Crippen LogP contribution in [0.25, 0.3) is 0 Å². The van der Waals surface area contributed by atoms with E-state index >= 15 is 0 Å². The third kappa shape index (κ3) is 2.13. The average molecular weight is 229 g/mol. The summed E-state index contributed by atoms with van der Waals surface area (Å²) in [4.78, 5) is 0. The molecule has 2 aliphatic rings. The van der Waals surface area contributed by atoms with Crippen molar-refractivity contribution in [1.29, 1.82) is 0 Å². The Hall–Kier alpha value is -0.820. The van der Waals surface area contributed by atoms with Gasteiger partial charge in [0.2, 0.25) is 0 Å². The van der Waals surface area contributed by atoms with Crippen LogP contribution in [0, 0.1) is 5.92 Å². The van der Waals surface area contributed by atoms with Crippen LogP contribution in [0.5, 0.6) is 0 Å². The van der Waals surface area contributed by atoms with E-state index in [2.05, 4.69) is 24.3 Å². The lowest BCUT2D eigenvalue weighted by Gasteiger charge is -2.27. The predicted octanol–water partition coefficient (Wildman–Crippen LogP) is 3.80. The van der Waals surface area contributed by atoms with Gasteiger partial charge in [0, 0.05) is 0 Å². The maximum absolute atomic E-state index is 5.90. The lowest BCUT2D eigenvalue weighted by molar-refractivity contribution is 0.418. The summed E-state index contributed by atoms with van der Waals surface area (Å²) in [6.45, 7) is 0.859. The summed E-state index contributed by atoms with van der Waals surface area (Å²) < 4.78 is 0. The zero-order valence-electron chi connectivity index (χ0n) is 10.6. The standard InChI is InChI=1S/C16H23N/c17-11-15-8-3-9-16(15)14-7-2-6-13(10-14)12-4-1-5-12/h2,6-7,10,12,15-16H,1,3-5,8-9,11,17H2. The second kappa shape index (κ2) is 4.81. The molecule has 0 saturated heterocycles. The van der Waals surface area contributed by atoms with Gasteiger partial charge in [-0.15, -0.1) is 0 Å². The first-order valence-electron chi connectivity index (χ1n) is 7.18. The zero-order chi connectivity index (χ0) is 11.7. The molecule has 2 fully saturated rings. The number of rotatable bonds is 3. The van der Waals surface area contributed by atoms with E-state index in [1.807, 2.05) is 0 Å². The number of benzene rings is 1. The topological polar surface area (TPSA) is 26.0 Å². The lowest BCUT2D eigenvalue weighted by atomic mass is 9.78. The van der Waals surface area contributed by atoms with Crippen molar-refractivity contribution in [2.45, 2.75) is 50.4 Å². The fourth-order valence-corrected chi connectivity index (χ4v) is 3.54. The van der Waals surface area contributed by atoms with Crippen LogP contribution < -0.4 is 5.73 Å². The van der Waals surface area contributed by atoms with Crippen LogP contribution in [0.1, 0.15) is 61.5 Å². The highest BCUT2D eigenvalue weighted by molar-refractivity contribution is 5.31. The Kier molecular flexibility index (Phi) is 3.19. The second-order valence-corrected chi connectivity index (χ2v) is 5.83. The third-order valence-corrected chi connectivity index (χ3v) is 4.88. The minimum Gasteiger partial charge on any atom is -0.330 e. The fraction of sp³-hybridized carbons (Fsp3) is 0.625. The van der Waals surface area contributed by atoms with Gasteiger partial charge in [0.15, 0.2) is 0 Å². The molecule has 0 bridgehead atoms. The van der Waals surface area contributed by atoms with Crippen molar-refractivity contribution in [1.82, 2.24) is 0 Å². The van der Waals surface area contributed by atoms with Gasteiger partial charge in [0.05, 0.1) is 0 Å². The Morgan fingerprint density at radius 1 is 1.00 bits per heavy atom. The summed E-state index contributed by atoms with van der Waals surface area (Å²) in [5.74, 6) is 2.32. The van der Waals surface area contributed by atoms with Crippen molar-refractivity contribution in [3.63, 3.8) is 0 Å². The molecule has 2 atom stereocenters. The van der Waals surface area contributed by atoms with Crippen LogP contribution in [0.2, 0.25) is 0 Å². The van der Waals surface area contributed by atoms with E-state index in [0.29, 0.717) is 0 Å². The van der Waals surface area contributed by atoms with Crippen LogP contribution >= 0.6 is 0 Å². The monoisotopic (exact) mass is 229 g/mol. The highest BCUT2D eigenvalue weighted by Gasteiger charge is 2.28. The second-order valence-electron chi connectivity index (χ2n) is 5.83. The molecule has 0 amide bonds. The first-order valence-corrected chi connectivity index (χ1v) is 7.18. The summed E-state index contributed by atoms with van der Waals surface area (Å²) in [5.41, 5.74) is 9.03. The van der Waals surface area contributed by atoms with Crippen molar-refractivity contribution in [3.8, 4) is 0 Å². The van der Waals surface area contributed by atoms with Crippen molar-refractivity contribution >= 4 is 0 Å². The highest BCUT2D eigenvalue weighted by atomic mass is 14.6. The van der Waals surface area contributed by atoms with Crippen molar-refractivity contribution < 1.29 is 0 Å². The molecule has 0 aromatic heterocycles. The van der Waals surface area contributed by atoms with Gasteiger partial charge in [0.1, 0.15) is 0 Å². The molecule has 2 N–H and O–H groups in total. The molecule has 3 rings (SSSR count). The van der Waals surface area contributed by atoms with Crippen molar-refractivity contribution in [2.24, 2.45) is 11.7 Å². The molecule has 2 saturated carbocycles. The van der Waals surface area contributed by atoms with Gasteiger partial charge in [-0.25, -0.2) is 0 Å². The van der Waals surface area contributed by atoms with Crippen LogP contribution in [0.4, 0.5) is 0 Å². The maximum Gasteiger partial charge on any atom is -0.00430 e. The van der Waals surface area contributed by atoms with Crippen molar-refractivity contribution in [3.05, 3.63) is 35.4 Å². The minimum atomic E-state index is 0.728. The summed E-state index contributed by atoms with van der Waals surface area (Å²) in [5, 5.41) is 0. The normalized spacial score (nSPS) is 29.2. The first kappa shape index (κ1) is 11.3. The molecule has 1 nitrogen and oxygen atoms in total. The molecule has 2 aliphatic carbocycles. The van der Waals surface area contributed by atoms with E-state index in [9.17, 15) is 0 Å². The smallest absolute Gasteiger partial charge is 0.00430 e. The van der Waals surface area contributed by atoms with Gasteiger partial charge in [-0.05, 0) is 61.1 Å². The van der Waals surface area contributed by atoms with E-state index < -0.39 is 0 Å². The Balaban J connectivity index is 1.82. The largest absolute Gasteiger partial charge is 0.330 e. The van der Waals surface area contributed by atoms with Crippen molar-refractivity contribution in [2.75, 3.05) is 6.54 Å². The minimum absolute atomic E-state index is 0.728. The summed E-state index contributed by atoms with van der Waals surface area (Å²) >= 11 is 0. The van der Waals surface area contributed by atoms with Gasteiger partial charge in [-0.3, -0.25) is 0 Å². The molecule has 92 valence electrons. The van der Waals surface area contributed by atoms with Gasteiger partial charge in [0.25, 0.3) is 0 Å². The summed E-state index contributed by atoms with van der Waals surface area (Å²) in [6.07, 6.45) is 8.25. The lowest BCUT2D eigenvalue weighted by Crippen LogP contribution is -2.17. The van der Waals surface area contributed by atoms with Crippen LogP contribution in [-0.2, 0) is 0 Å². The zero-order valence-corrected chi connectivity index (χ0v) is 10.6. The quantitative estimate of drug-likeness (QED) is 0.838. The van der Waals surface area contributed by atoms with E-state index in [4.69, 9.17) is 5.73 Å². The molecule has 1 heteroatoms. The molecular formula is C16H23N. The molecule has 0 radical (unpaired) electrons. The molecule has 1 aromatic rings. The third-order valence-electron chi connectivity index (χ3n) is 4.88. The fourth-order valence-electron chi connectivity index (χ4n) is 3.54. The predicted molar refractivity (Wildman–Crippen MR) is 72.2 cm³/mol. The molecule has 2 unspecified atom stereocenters. The van der Waals surface area contributed by atoms with Crippen LogP contribution in [0.15, 0.2) is 24.3 Å². The Bertz CT molecular complexity index is 381. The van der Waals surface area contributed by atoms with Gasteiger partial charge < -0.3 is 5.73 Å². The van der Waals surface area contributed by atoms with E-state index in [-0.39, 0.29) is 0 Å². The molecule has 17 heavy (non-hydrogen) atoms. The van der Waals surface area contributed by atoms with Gasteiger partial charge in [-0.2, -0.15) is 0 Å². The molecule has 0 heterocycles. The molecule has 1 aromatic carbocycles. The Labute approximate surface area is 104 Å². The van der Waals surface area contributed by atoms with Crippen LogP contribution in [0.3, 0.4) is 0 Å². The van der Waals surface area contributed by atoms with Gasteiger partial charge in [-0.1, -0.05) is 37.1 Å². The first-order chi connectivity index (χ1) is 8.38. The number of hydrogen-bond acceptors (Lipinski definition) is 1. The maximum atomic E-state index is 5.90. The highest BCUT2D eigenvalue weighted by Crippen LogP contribution is 2.41. The molecule has 0 spiro atoms. The van der Waals surface area contributed by atoms with Gasteiger partial charge >= 0.3 is 0 Å². The molecular weight excluding hydrogens is 206 g/mol. The number of hydrogen-bond donors (Lipinski definition) is 1.